The molecule has 4 aromatic heterocycles. The summed E-state index contributed by atoms with van der Waals surface area (Å²) in [7, 11) is 1.95. The Morgan fingerprint density at radius 3 is 2.97 bits per heavy atom. The number of nitrogens with one attached hydrogen (secondary N) is 3. The van der Waals surface area contributed by atoms with Crippen molar-refractivity contribution in [2.24, 2.45) is 7.05 Å². The van der Waals surface area contributed by atoms with Gasteiger partial charge in [0.2, 0.25) is 5.91 Å². The minimum absolute atomic E-state index is 0.00762. The maximum atomic E-state index is 12.9. The molecule has 36 heavy (non-hydrogen) atoms. The first-order valence-corrected chi connectivity index (χ1v) is 12.1. The van der Waals surface area contributed by atoms with Crippen molar-refractivity contribution in [3.63, 3.8) is 0 Å². The van der Waals surface area contributed by atoms with Gasteiger partial charge in [-0.3, -0.25) is 19.5 Å². The lowest BCUT2D eigenvalue weighted by atomic mass is 10.0. The summed E-state index contributed by atoms with van der Waals surface area (Å²) in [5, 5.41) is 10.2. The van der Waals surface area contributed by atoms with Crippen molar-refractivity contribution in [3.8, 4) is 11.3 Å². The maximum absolute atomic E-state index is 12.9. The molecule has 1 saturated heterocycles. The molecule has 7 heterocycles. The van der Waals surface area contributed by atoms with Crippen LogP contribution in [0.4, 0.5) is 17.3 Å². The molecule has 3 aliphatic rings. The number of aryl methyl sites for hydroxylation is 1. The van der Waals surface area contributed by atoms with Gasteiger partial charge in [0, 0.05) is 54.6 Å². The highest BCUT2D eigenvalue weighted by molar-refractivity contribution is 6.06. The van der Waals surface area contributed by atoms with E-state index in [0.29, 0.717) is 36.0 Å². The molecule has 10 nitrogen and oxygen atoms in total. The lowest BCUT2D eigenvalue weighted by molar-refractivity contribution is -0.120. The number of pyridine rings is 3. The van der Waals surface area contributed by atoms with Crippen molar-refractivity contribution in [2.75, 3.05) is 17.2 Å². The number of hydrogen-bond acceptors (Lipinski definition) is 7. The van der Waals surface area contributed by atoms with E-state index in [1.165, 1.54) is 0 Å². The van der Waals surface area contributed by atoms with E-state index in [2.05, 4.69) is 30.8 Å². The number of fused-ring (bicyclic) bond motifs is 4. The Hall–Kier alpha value is -4.31. The number of rotatable bonds is 3. The molecule has 2 amide bonds. The van der Waals surface area contributed by atoms with Crippen molar-refractivity contribution < 1.29 is 9.59 Å². The molecule has 180 valence electrons. The number of hydrogen-bond donors (Lipinski definition) is 3. The summed E-state index contributed by atoms with van der Waals surface area (Å²) in [6.45, 7) is 2.01. The minimum atomic E-state index is -0.154. The van der Waals surface area contributed by atoms with Gasteiger partial charge in [0.1, 0.15) is 17.3 Å². The molecule has 0 spiro atoms. The van der Waals surface area contributed by atoms with Crippen LogP contribution in [0.3, 0.4) is 0 Å². The third-order valence-corrected chi connectivity index (χ3v) is 7.38. The molecule has 7 rings (SSSR count). The van der Waals surface area contributed by atoms with Gasteiger partial charge in [-0.05, 0) is 37.6 Å². The van der Waals surface area contributed by atoms with E-state index >= 15 is 0 Å². The Bertz CT molecular complexity index is 1580. The number of amides is 2. The van der Waals surface area contributed by atoms with Crippen molar-refractivity contribution in [1.29, 1.82) is 0 Å². The largest absolute Gasteiger partial charge is 0.348 e. The summed E-state index contributed by atoms with van der Waals surface area (Å²) in [4.78, 5) is 41.7. The molecular weight excluding hydrogens is 456 g/mol. The predicted molar refractivity (Wildman–Crippen MR) is 135 cm³/mol. The summed E-state index contributed by atoms with van der Waals surface area (Å²) in [6, 6.07) is 7.72. The zero-order valence-corrected chi connectivity index (χ0v) is 19.7. The molecular formula is C26H24N8O2. The molecule has 0 radical (unpaired) electrons. The Kier molecular flexibility index (Phi) is 4.58. The second kappa shape index (κ2) is 7.85. The van der Waals surface area contributed by atoms with E-state index in [1.54, 1.807) is 12.4 Å². The van der Waals surface area contributed by atoms with E-state index in [9.17, 15) is 9.59 Å². The maximum Gasteiger partial charge on any atom is 0.254 e. The van der Waals surface area contributed by atoms with Gasteiger partial charge in [0.15, 0.2) is 0 Å². The summed E-state index contributed by atoms with van der Waals surface area (Å²) >= 11 is 0. The second-order valence-electron chi connectivity index (χ2n) is 9.53. The van der Waals surface area contributed by atoms with Gasteiger partial charge in [-0.1, -0.05) is 6.07 Å². The Balaban J connectivity index is 1.26. The van der Waals surface area contributed by atoms with Gasteiger partial charge in [-0.15, -0.1) is 0 Å². The molecule has 0 saturated carbocycles. The number of nitrogens with zero attached hydrogens (tertiary/aromatic N) is 5. The SMILES string of the molecule is Cn1ccc2c(-c3ncc(Nc4ccc5c(n4)NC(=O)[C@@H]4CCCN4C5)c4c3CNC4=O)ccnc21. The van der Waals surface area contributed by atoms with Gasteiger partial charge in [-0.2, -0.15) is 0 Å². The van der Waals surface area contributed by atoms with Gasteiger partial charge in [0.25, 0.3) is 5.91 Å². The van der Waals surface area contributed by atoms with Gasteiger partial charge in [-0.25, -0.2) is 9.97 Å². The van der Waals surface area contributed by atoms with Gasteiger partial charge < -0.3 is 20.5 Å². The highest BCUT2D eigenvalue weighted by Gasteiger charge is 2.34. The van der Waals surface area contributed by atoms with E-state index in [1.807, 2.05) is 42.1 Å². The number of aromatic nitrogens is 4. The highest BCUT2D eigenvalue weighted by Crippen LogP contribution is 2.36. The monoisotopic (exact) mass is 480 g/mol. The third kappa shape index (κ3) is 3.18. The zero-order chi connectivity index (χ0) is 24.4. The van der Waals surface area contributed by atoms with Gasteiger partial charge in [0.05, 0.1) is 29.2 Å². The summed E-state index contributed by atoms with van der Waals surface area (Å²) in [5.74, 6) is 0.945. The fourth-order valence-corrected chi connectivity index (χ4v) is 5.60. The molecule has 1 atom stereocenters. The molecule has 3 aliphatic heterocycles. The van der Waals surface area contributed by atoms with Crippen LogP contribution in [0.5, 0.6) is 0 Å². The predicted octanol–water partition coefficient (Wildman–Crippen LogP) is 2.93. The summed E-state index contributed by atoms with van der Waals surface area (Å²) in [6.07, 6.45) is 7.31. The average molecular weight is 481 g/mol. The smallest absolute Gasteiger partial charge is 0.254 e. The van der Waals surface area contributed by atoms with Crippen LogP contribution >= 0.6 is 0 Å². The van der Waals surface area contributed by atoms with Crippen molar-refractivity contribution in [3.05, 3.63) is 59.5 Å². The molecule has 4 aromatic rings. The summed E-state index contributed by atoms with van der Waals surface area (Å²) in [5.41, 5.74) is 5.52. The van der Waals surface area contributed by atoms with Crippen LogP contribution in [-0.2, 0) is 24.9 Å². The topological polar surface area (TPSA) is 117 Å². The molecule has 0 aromatic carbocycles. The minimum Gasteiger partial charge on any atom is -0.348 e. The van der Waals surface area contributed by atoms with Crippen LogP contribution in [0.1, 0.15) is 34.3 Å². The Morgan fingerprint density at radius 2 is 2.06 bits per heavy atom. The normalized spacial score (nSPS) is 18.9. The lowest BCUT2D eigenvalue weighted by Crippen LogP contribution is -2.36. The van der Waals surface area contributed by atoms with Crippen LogP contribution in [0.15, 0.2) is 42.9 Å². The highest BCUT2D eigenvalue weighted by atomic mass is 16.2. The van der Waals surface area contributed by atoms with Crippen LogP contribution in [-0.4, -0.2) is 48.8 Å². The standard InChI is InChI=1S/C26H24N8O2/c1-33-10-7-16-15(6-8-27-24(16)33)22-17-11-29-26(36)21(17)18(12-28-22)30-20-5-4-14-13-34-9-2-3-19(34)25(35)32-23(14)31-20/h4-8,10,12,19H,2-3,9,11,13H2,1H3,(H,29,36)(H2,30,31,32,35)/t19-/m0/s1. The van der Waals surface area contributed by atoms with E-state index < -0.39 is 0 Å². The Morgan fingerprint density at radius 1 is 1.14 bits per heavy atom. The Labute approximate surface area is 206 Å². The van der Waals surface area contributed by atoms with Crippen LogP contribution in [0.25, 0.3) is 22.3 Å². The fourth-order valence-electron chi connectivity index (χ4n) is 5.60. The van der Waals surface area contributed by atoms with Crippen molar-refractivity contribution >= 4 is 40.2 Å². The number of carbonyl (C=O) groups excluding carboxylic acids is 2. The first-order valence-electron chi connectivity index (χ1n) is 12.1. The molecule has 0 aliphatic carbocycles. The average Bonchev–Trinajstić information content (AvgIpc) is 3.59. The number of anilines is 3. The first-order chi connectivity index (χ1) is 17.6. The van der Waals surface area contributed by atoms with Crippen molar-refractivity contribution in [1.82, 2.24) is 29.7 Å². The molecule has 3 N–H and O–H groups in total. The fraction of sp³-hybridized carbons (Fsp3) is 0.269. The summed E-state index contributed by atoms with van der Waals surface area (Å²) < 4.78 is 1.96. The second-order valence-corrected chi connectivity index (χ2v) is 9.53. The van der Waals surface area contributed by atoms with E-state index in [4.69, 9.17) is 4.98 Å². The van der Waals surface area contributed by atoms with Crippen LogP contribution in [0, 0.1) is 0 Å². The molecule has 0 unspecified atom stereocenters. The van der Waals surface area contributed by atoms with Crippen molar-refractivity contribution in [2.45, 2.75) is 32.0 Å². The quantitative estimate of drug-likeness (QED) is 0.413. The molecule has 0 bridgehead atoms. The number of carbonyl (C=O) groups is 2. The zero-order valence-electron chi connectivity index (χ0n) is 19.7. The van der Waals surface area contributed by atoms with E-state index in [-0.39, 0.29) is 17.9 Å². The lowest BCUT2D eigenvalue weighted by Gasteiger charge is -2.19. The third-order valence-electron chi connectivity index (χ3n) is 7.38. The first kappa shape index (κ1) is 21.0. The van der Waals surface area contributed by atoms with Crippen LogP contribution in [0.2, 0.25) is 0 Å². The van der Waals surface area contributed by atoms with Gasteiger partial charge >= 0.3 is 0 Å². The van der Waals surface area contributed by atoms with Crippen LogP contribution < -0.4 is 16.0 Å². The molecule has 10 heteroatoms. The molecule has 1 fully saturated rings. The van der Waals surface area contributed by atoms with E-state index in [0.717, 1.165) is 52.8 Å².